The topological polar surface area (TPSA) is 74.6 Å². The first-order valence-corrected chi connectivity index (χ1v) is 9.80. The average Bonchev–Trinajstić information content (AvgIpc) is 2.81. The number of fused-ring (bicyclic) bond motifs is 5. The summed E-state index contributed by atoms with van der Waals surface area (Å²) in [5.74, 6) is 0.179. The minimum atomic E-state index is -0.701. The fraction of sp³-hybridized carbons (Fsp3) is 0.810. The predicted molar refractivity (Wildman–Crippen MR) is 93.8 cm³/mol. The molecule has 3 fully saturated rings. The summed E-state index contributed by atoms with van der Waals surface area (Å²) in [6.45, 7) is 6.41. The van der Waals surface area contributed by atoms with Crippen LogP contribution >= 0.6 is 0 Å². The summed E-state index contributed by atoms with van der Waals surface area (Å²) < 4.78 is 0. The molecule has 7 atom stereocenters. The third-order valence-corrected chi connectivity index (χ3v) is 8.90. The van der Waals surface area contributed by atoms with Crippen molar-refractivity contribution >= 4 is 12.1 Å². The molecular formula is C21H30O4. The Morgan fingerprint density at radius 2 is 1.76 bits per heavy atom. The molecule has 0 radical (unpaired) electrons. The third-order valence-electron chi connectivity index (χ3n) is 8.90. The third kappa shape index (κ3) is 2.03. The van der Waals surface area contributed by atoms with E-state index >= 15 is 0 Å². The number of carbonyl (C=O) groups is 2. The molecule has 4 rings (SSSR count). The summed E-state index contributed by atoms with van der Waals surface area (Å²) in [4.78, 5) is 23.7. The molecule has 3 unspecified atom stereocenters. The number of hydrogen-bond donors (Lipinski definition) is 2. The number of carbonyl (C=O) groups excluding carboxylic acids is 2. The Bertz CT molecular complexity index is 663. The fourth-order valence-electron chi connectivity index (χ4n) is 7.19. The van der Waals surface area contributed by atoms with Gasteiger partial charge in [-0.1, -0.05) is 13.8 Å². The zero-order valence-electron chi connectivity index (χ0n) is 15.5. The fourth-order valence-corrected chi connectivity index (χ4v) is 7.19. The number of aliphatic hydroxyl groups is 2. The van der Waals surface area contributed by atoms with E-state index in [-0.39, 0.29) is 22.4 Å². The number of rotatable bonds is 1. The second kappa shape index (κ2) is 5.18. The largest absolute Gasteiger partial charge is 0.504 e. The number of Topliss-reactive ketones (excluding diaryl/α,β-unsaturated/α-hetero) is 1. The van der Waals surface area contributed by atoms with Crippen LogP contribution in [0.2, 0.25) is 0 Å². The lowest BCUT2D eigenvalue weighted by atomic mass is 9.45. The lowest BCUT2D eigenvalue weighted by molar-refractivity contribution is -0.136. The molecule has 3 saturated carbocycles. The Morgan fingerprint density at radius 3 is 2.44 bits per heavy atom. The number of allylic oxidation sites excluding steroid dienone is 1. The molecule has 2 N–H and O–H groups in total. The van der Waals surface area contributed by atoms with Gasteiger partial charge in [-0.2, -0.15) is 0 Å². The van der Waals surface area contributed by atoms with Crippen molar-refractivity contribution in [3.63, 3.8) is 0 Å². The van der Waals surface area contributed by atoms with Gasteiger partial charge in [0, 0.05) is 0 Å². The van der Waals surface area contributed by atoms with Gasteiger partial charge in [0.15, 0.2) is 5.76 Å². The van der Waals surface area contributed by atoms with Crippen LogP contribution in [0.25, 0.3) is 0 Å². The molecule has 0 amide bonds. The second-order valence-corrected chi connectivity index (χ2v) is 9.74. The van der Waals surface area contributed by atoms with E-state index in [4.69, 9.17) is 0 Å². The highest BCUT2D eigenvalue weighted by molar-refractivity contribution is 6.04. The first kappa shape index (κ1) is 17.3. The first-order valence-electron chi connectivity index (χ1n) is 9.80. The first-order chi connectivity index (χ1) is 11.7. The molecule has 0 aromatic heterocycles. The van der Waals surface area contributed by atoms with Crippen LogP contribution in [0.1, 0.15) is 65.7 Å². The number of aliphatic hydroxyl groups excluding tert-OH is 1. The van der Waals surface area contributed by atoms with Gasteiger partial charge in [-0.15, -0.1) is 0 Å². The van der Waals surface area contributed by atoms with Crippen molar-refractivity contribution in [3.05, 3.63) is 11.3 Å². The van der Waals surface area contributed by atoms with Crippen molar-refractivity contribution in [3.8, 4) is 0 Å². The van der Waals surface area contributed by atoms with Gasteiger partial charge in [0.25, 0.3) is 0 Å². The van der Waals surface area contributed by atoms with E-state index in [0.29, 0.717) is 24.2 Å². The van der Waals surface area contributed by atoms with Crippen molar-refractivity contribution in [1.82, 2.24) is 0 Å². The molecule has 0 aromatic rings. The van der Waals surface area contributed by atoms with Crippen LogP contribution in [0.4, 0.5) is 0 Å². The number of ketones is 1. The average molecular weight is 346 g/mol. The molecule has 25 heavy (non-hydrogen) atoms. The highest BCUT2D eigenvalue weighted by Crippen LogP contribution is 2.67. The van der Waals surface area contributed by atoms with E-state index in [0.717, 1.165) is 50.4 Å². The lowest BCUT2D eigenvalue weighted by Gasteiger charge is -2.59. The molecule has 0 heterocycles. The SMILES string of the molecule is C[C@]12CC(C=O)C(=O)C(O)=C1CC[C@@H]1C2CC[C@@]2(C)C1CC[C@]2(C)O. The molecule has 0 saturated heterocycles. The van der Waals surface area contributed by atoms with Crippen molar-refractivity contribution in [2.45, 2.75) is 71.3 Å². The Kier molecular flexibility index (Phi) is 3.58. The molecule has 0 bridgehead atoms. The van der Waals surface area contributed by atoms with E-state index in [2.05, 4.69) is 13.8 Å². The van der Waals surface area contributed by atoms with Gasteiger partial charge in [-0.05, 0) is 86.0 Å². The molecule has 0 spiro atoms. The van der Waals surface area contributed by atoms with E-state index in [1.54, 1.807) is 0 Å². The highest BCUT2D eigenvalue weighted by atomic mass is 16.3. The Labute approximate surface area is 149 Å². The zero-order valence-corrected chi connectivity index (χ0v) is 15.5. The van der Waals surface area contributed by atoms with Gasteiger partial charge < -0.3 is 15.0 Å². The quantitative estimate of drug-likeness (QED) is 0.562. The van der Waals surface area contributed by atoms with Crippen molar-refractivity contribution in [1.29, 1.82) is 0 Å². The molecule has 0 aliphatic heterocycles. The van der Waals surface area contributed by atoms with Gasteiger partial charge >= 0.3 is 0 Å². The summed E-state index contributed by atoms with van der Waals surface area (Å²) in [6, 6.07) is 0. The number of aldehydes is 1. The van der Waals surface area contributed by atoms with Gasteiger partial charge in [-0.3, -0.25) is 4.79 Å². The zero-order chi connectivity index (χ0) is 18.2. The predicted octanol–water partition coefficient (Wildman–Crippen LogP) is 3.58. The summed E-state index contributed by atoms with van der Waals surface area (Å²) in [5, 5.41) is 21.4. The molecule has 4 heteroatoms. The highest BCUT2D eigenvalue weighted by Gasteiger charge is 2.63. The van der Waals surface area contributed by atoms with Gasteiger partial charge in [0.05, 0.1) is 11.5 Å². The van der Waals surface area contributed by atoms with Crippen LogP contribution in [-0.4, -0.2) is 27.9 Å². The Hall–Kier alpha value is -1.16. The van der Waals surface area contributed by atoms with Gasteiger partial charge in [0.2, 0.25) is 5.78 Å². The summed E-state index contributed by atoms with van der Waals surface area (Å²) in [7, 11) is 0. The standard InChI is InChI=1S/C21H30O4/c1-19-10-12(11-22)17(23)18(24)16(19)5-4-13-14(19)6-8-20(2)15(13)7-9-21(20,3)25/h11-15,24-25H,4-10H2,1-3H3/t12?,13-,14?,15?,19-,20+,21+/m1/s1. The van der Waals surface area contributed by atoms with Gasteiger partial charge in [0.1, 0.15) is 6.29 Å². The van der Waals surface area contributed by atoms with Crippen LogP contribution < -0.4 is 0 Å². The van der Waals surface area contributed by atoms with Crippen LogP contribution in [0.3, 0.4) is 0 Å². The van der Waals surface area contributed by atoms with Crippen molar-refractivity contribution in [2.24, 2.45) is 34.5 Å². The van der Waals surface area contributed by atoms with Crippen LogP contribution in [0.15, 0.2) is 11.3 Å². The maximum atomic E-state index is 12.3. The van der Waals surface area contributed by atoms with E-state index in [1.807, 2.05) is 6.92 Å². The summed E-state index contributed by atoms with van der Waals surface area (Å²) in [5.41, 5.74) is -0.00881. The molecule has 4 aliphatic carbocycles. The summed E-state index contributed by atoms with van der Waals surface area (Å²) >= 11 is 0. The lowest BCUT2D eigenvalue weighted by Crippen LogP contribution is -2.55. The minimum absolute atomic E-state index is 0.0393. The minimum Gasteiger partial charge on any atom is -0.504 e. The van der Waals surface area contributed by atoms with Crippen molar-refractivity contribution < 1.29 is 19.8 Å². The van der Waals surface area contributed by atoms with E-state index < -0.39 is 11.5 Å². The van der Waals surface area contributed by atoms with E-state index in [9.17, 15) is 19.8 Å². The Morgan fingerprint density at radius 1 is 1.08 bits per heavy atom. The van der Waals surface area contributed by atoms with E-state index in [1.165, 1.54) is 0 Å². The smallest absolute Gasteiger partial charge is 0.207 e. The molecule has 4 nitrogen and oxygen atoms in total. The molecule has 0 aromatic carbocycles. The Balaban J connectivity index is 1.74. The number of hydrogen-bond acceptors (Lipinski definition) is 4. The van der Waals surface area contributed by atoms with Crippen LogP contribution in [0.5, 0.6) is 0 Å². The molecular weight excluding hydrogens is 316 g/mol. The molecule has 4 aliphatic rings. The second-order valence-electron chi connectivity index (χ2n) is 9.74. The molecule has 138 valence electrons. The maximum Gasteiger partial charge on any atom is 0.207 e. The van der Waals surface area contributed by atoms with Crippen molar-refractivity contribution in [2.75, 3.05) is 0 Å². The van der Waals surface area contributed by atoms with Crippen LogP contribution in [-0.2, 0) is 9.59 Å². The van der Waals surface area contributed by atoms with Gasteiger partial charge in [-0.25, -0.2) is 0 Å². The maximum absolute atomic E-state index is 12.3. The monoisotopic (exact) mass is 346 g/mol. The summed E-state index contributed by atoms with van der Waals surface area (Å²) in [6.07, 6.45) is 6.88. The normalized spacial score (nSPS) is 52.4. The van der Waals surface area contributed by atoms with Crippen LogP contribution in [0, 0.1) is 34.5 Å².